The molecule has 3 aliphatic rings. The van der Waals surface area contributed by atoms with Crippen LogP contribution in [0.4, 0.5) is 0 Å². The molecule has 0 spiro atoms. The molecule has 4 rings (SSSR count). The Morgan fingerprint density at radius 3 is 2.27 bits per heavy atom. The van der Waals surface area contributed by atoms with Crippen molar-refractivity contribution in [3.63, 3.8) is 0 Å². The molecule has 0 aliphatic carbocycles. The van der Waals surface area contributed by atoms with E-state index in [0.717, 1.165) is 0 Å². The Morgan fingerprint density at radius 1 is 1.04 bits per heavy atom. The summed E-state index contributed by atoms with van der Waals surface area (Å²) < 4.78 is 55.8. The lowest BCUT2D eigenvalue weighted by molar-refractivity contribution is -0.183. The number of fused-ring (bicyclic) bond motifs is 1. The lowest BCUT2D eigenvalue weighted by Gasteiger charge is -2.55. The summed E-state index contributed by atoms with van der Waals surface area (Å²) in [4.78, 5) is 13.5. The van der Waals surface area contributed by atoms with Gasteiger partial charge < -0.3 is 42.0 Å². The van der Waals surface area contributed by atoms with Gasteiger partial charge in [0.1, 0.15) is 29.8 Å². The Bertz CT molecular complexity index is 1260. The molecule has 1 aromatic carbocycles. The van der Waals surface area contributed by atoms with Gasteiger partial charge in [0, 0.05) is 10.1 Å². The largest absolute Gasteiger partial charge is 0.497 e. The average molecular weight is 689 g/mol. The van der Waals surface area contributed by atoms with Crippen LogP contribution in [0.25, 0.3) is 0 Å². The zero-order valence-electron chi connectivity index (χ0n) is 30.4. The number of methoxy groups -OCH3 is 2. The Kier molecular flexibility index (Phi) is 12.4. The van der Waals surface area contributed by atoms with Crippen LogP contribution in [-0.2, 0) is 37.3 Å². The Labute approximate surface area is 287 Å². The van der Waals surface area contributed by atoms with E-state index in [4.69, 9.17) is 42.0 Å². The molecule has 0 amide bonds. The standard InChI is InChI=1S/C37H56O10Si/c1-12-14-28-29(15-13-16-30-32(44-28)24-42-48(47-30,35(2,3)4)36(5,6)7)45-33(34(38)40-11)31(22-21-27-23-41-37(8,9)46-27)43-26-19-17-25(39-10)18-20-26/h12-13,15,17-22,27-33H,1,14,16,23-24H2,2-11H3/b15-13-,22-21+/t27-,28+,29-,30+,31-,32-,33-/m0/s1. The fourth-order valence-electron chi connectivity index (χ4n) is 6.74. The third-order valence-electron chi connectivity index (χ3n) is 8.88. The fraction of sp³-hybridized carbons (Fsp3) is 0.649. The van der Waals surface area contributed by atoms with Crippen molar-refractivity contribution < 1.29 is 46.8 Å². The van der Waals surface area contributed by atoms with Crippen LogP contribution in [0.5, 0.6) is 11.5 Å². The normalized spacial score (nSPS) is 29.2. The van der Waals surface area contributed by atoms with Crippen LogP contribution in [-0.4, -0.2) is 90.5 Å². The molecule has 2 saturated heterocycles. The van der Waals surface area contributed by atoms with E-state index < -0.39 is 44.7 Å². The van der Waals surface area contributed by atoms with Crippen LogP contribution < -0.4 is 9.47 Å². The molecule has 0 saturated carbocycles. The van der Waals surface area contributed by atoms with Crippen molar-refractivity contribution in [1.29, 1.82) is 0 Å². The molecule has 2 fully saturated rings. The van der Waals surface area contributed by atoms with Crippen molar-refractivity contribution in [2.24, 2.45) is 0 Å². The van der Waals surface area contributed by atoms with Gasteiger partial charge in [-0.05, 0) is 57.0 Å². The van der Waals surface area contributed by atoms with Gasteiger partial charge in [-0.1, -0.05) is 65.8 Å². The van der Waals surface area contributed by atoms with Gasteiger partial charge >= 0.3 is 14.5 Å². The van der Waals surface area contributed by atoms with Crippen LogP contribution in [0, 0.1) is 0 Å². The van der Waals surface area contributed by atoms with Gasteiger partial charge in [-0.3, -0.25) is 0 Å². The summed E-state index contributed by atoms with van der Waals surface area (Å²) in [5, 5.41) is -0.305. The first kappa shape index (κ1) is 38.3. The van der Waals surface area contributed by atoms with E-state index in [1.54, 1.807) is 43.5 Å². The van der Waals surface area contributed by atoms with Gasteiger partial charge in [-0.15, -0.1) is 6.58 Å². The minimum Gasteiger partial charge on any atom is -0.497 e. The summed E-state index contributed by atoms with van der Waals surface area (Å²) in [7, 11) is 0.225. The maximum absolute atomic E-state index is 13.5. The van der Waals surface area contributed by atoms with E-state index in [-0.39, 0.29) is 28.4 Å². The number of ether oxygens (including phenoxy) is 7. The molecule has 268 valence electrons. The van der Waals surface area contributed by atoms with Gasteiger partial charge in [0.05, 0.1) is 39.6 Å². The molecule has 0 bridgehead atoms. The summed E-state index contributed by atoms with van der Waals surface area (Å²) >= 11 is 0. The number of carbonyl (C=O) groups excluding carboxylic acids is 1. The second-order valence-electron chi connectivity index (χ2n) is 15.0. The number of esters is 1. The van der Waals surface area contributed by atoms with Crippen molar-refractivity contribution in [3.05, 3.63) is 61.2 Å². The maximum atomic E-state index is 13.5. The Morgan fingerprint density at radius 2 is 1.71 bits per heavy atom. The molecule has 0 aromatic heterocycles. The molecule has 11 heteroatoms. The van der Waals surface area contributed by atoms with Crippen LogP contribution >= 0.6 is 0 Å². The van der Waals surface area contributed by atoms with E-state index in [9.17, 15) is 4.79 Å². The quantitative estimate of drug-likeness (QED) is 0.140. The first-order chi connectivity index (χ1) is 22.5. The molecule has 0 radical (unpaired) electrons. The van der Waals surface area contributed by atoms with Crippen molar-refractivity contribution >= 4 is 14.5 Å². The van der Waals surface area contributed by atoms with E-state index in [1.807, 2.05) is 26.0 Å². The van der Waals surface area contributed by atoms with Gasteiger partial charge in [-0.2, -0.15) is 0 Å². The number of rotatable bonds is 11. The summed E-state index contributed by atoms with van der Waals surface area (Å²) in [5.41, 5.74) is 0. The number of hydrogen-bond donors (Lipinski definition) is 0. The smallest absolute Gasteiger partial charge is 0.349 e. The van der Waals surface area contributed by atoms with Gasteiger partial charge in [0.15, 0.2) is 18.0 Å². The molecule has 3 heterocycles. The molecular formula is C37H56O10Si. The monoisotopic (exact) mass is 688 g/mol. The van der Waals surface area contributed by atoms with E-state index in [1.165, 1.54) is 7.11 Å². The molecule has 10 nitrogen and oxygen atoms in total. The SMILES string of the molecule is C=CC[C@H]1O[C@H]2CO[Si](C(C)(C)C)(C(C)(C)C)O[C@@H]2C/C=C\[C@@H]1O[C@H](C(=O)OC)[C@H](/C=C/[C@H]1COC(C)(C)O1)Oc1ccc(OC)cc1. The van der Waals surface area contributed by atoms with Gasteiger partial charge in [-0.25, -0.2) is 4.79 Å². The van der Waals surface area contributed by atoms with Gasteiger partial charge in [0.2, 0.25) is 0 Å². The maximum Gasteiger partial charge on any atom is 0.349 e. The van der Waals surface area contributed by atoms with Gasteiger partial charge in [0.25, 0.3) is 0 Å². The zero-order chi connectivity index (χ0) is 35.3. The van der Waals surface area contributed by atoms with Crippen LogP contribution in [0.3, 0.4) is 0 Å². The molecule has 1 aromatic rings. The highest BCUT2D eigenvalue weighted by atomic mass is 28.4. The Balaban J connectivity index is 1.63. The highest BCUT2D eigenvalue weighted by Crippen LogP contribution is 2.54. The number of benzene rings is 1. The Hall–Kier alpha value is -2.51. The molecular weight excluding hydrogens is 632 g/mol. The third kappa shape index (κ3) is 8.98. The number of carbonyl (C=O) groups is 1. The van der Waals surface area contributed by atoms with Crippen LogP contribution in [0.15, 0.2) is 61.2 Å². The third-order valence-corrected chi connectivity index (χ3v) is 14.0. The lowest BCUT2D eigenvalue weighted by Crippen LogP contribution is -2.65. The lowest BCUT2D eigenvalue weighted by atomic mass is 10.0. The summed E-state index contributed by atoms with van der Waals surface area (Å²) in [6, 6.07) is 7.11. The van der Waals surface area contributed by atoms with E-state index >= 15 is 0 Å². The van der Waals surface area contributed by atoms with Crippen molar-refractivity contribution in [2.75, 3.05) is 27.4 Å². The molecule has 7 atom stereocenters. The minimum atomic E-state index is -2.70. The summed E-state index contributed by atoms with van der Waals surface area (Å²) in [6.45, 7) is 21.7. The topological polar surface area (TPSA) is 100 Å². The summed E-state index contributed by atoms with van der Waals surface area (Å²) in [6.07, 6.45) is 6.45. The fourth-order valence-corrected chi connectivity index (χ4v) is 11.7. The second-order valence-corrected chi connectivity index (χ2v) is 19.8. The average Bonchev–Trinajstić information content (AvgIpc) is 3.37. The van der Waals surface area contributed by atoms with E-state index in [2.05, 4.69) is 54.2 Å². The second kappa shape index (κ2) is 15.6. The zero-order valence-corrected chi connectivity index (χ0v) is 31.4. The minimum absolute atomic E-state index is 0.153. The first-order valence-electron chi connectivity index (χ1n) is 16.8. The highest BCUT2D eigenvalue weighted by molar-refractivity contribution is 6.73. The summed E-state index contributed by atoms with van der Waals surface area (Å²) in [5.74, 6) is -0.117. The predicted octanol–water partition coefficient (Wildman–Crippen LogP) is 6.82. The van der Waals surface area contributed by atoms with Crippen LogP contribution in [0.1, 0.15) is 68.2 Å². The number of hydrogen-bond acceptors (Lipinski definition) is 10. The van der Waals surface area contributed by atoms with Crippen molar-refractivity contribution in [3.8, 4) is 11.5 Å². The van der Waals surface area contributed by atoms with E-state index in [0.29, 0.717) is 37.6 Å². The first-order valence-corrected chi connectivity index (χ1v) is 18.6. The highest BCUT2D eigenvalue weighted by Gasteiger charge is 2.62. The molecule has 3 aliphatic heterocycles. The van der Waals surface area contributed by atoms with Crippen molar-refractivity contribution in [1.82, 2.24) is 0 Å². The molecule has 48 heavy (non-hydrogen) atoms. The molecule has 0 unspecified atom stereocenters. The van der Waals surface area contributed by atoms with Crippen molar-refractivity contribution in [2.45, 2.75) is 127 Å². The molecule has 0 N–H and O–H groups in total. The van der Waals surface area contributed by atoms with Crippen LogP contribution in [0.2, 0.25) is 10.1 Å². The predicted molar refractivity (Wildman–Crippen MR) is 185 cm³/mol.